The molecule has 1 saturated heterocycles. The number of hydrogen-bond donors (Lipinski definition) is 0. The number of esters is 1. The number of morpholine rings is 1. The Bertz CT molecular complexity index is 480. The summed E-state index contributed by atoms with van der Waals surface area (Å²) in [7, 11) is 1.33. The van der Waals surface area contributed by atoms with Crippen molar-refractivity contribution in [2.45, 2.75) is 12.5 Å². The molecule has 1 amide bonds. The number of furan rings is 1. The van der Waals surface area contributed by atoms with E-state index in [1.54, 1.807) is 29.4 Å². The Morgan fingerprint density at radius 1 is 1.55 bits per heavy atom. The maximum Gasteiger partial charge on any atom is 0.308 e. The van der Waals surface area contributed by atoms with Gasteiger partial charge in [0.05, 0.1) is 32.5 Å². The molecule has 1 aliphatic rings. The fourth-order valence-corrected chi connectivity index (χ4v) is 1.96. The zero-order chi connectivity index (χ0) is 14.4. The Morgan fingerprint density at radius 2 is 2.40 bits per heavy atom. The number of carbonyl (C=O) groups excluding carboxylic acids is 2. The Labute approximate surface area is 116 Å². The Morgan fingerprint density at radius 3 is 3.10 bits per heavy atom. The Balaban J connectivity index is 1.88. The van der Waals surface area contributed by atoms with E-state index in [1.165, 1.54) is 13.2 Å². The highest BCUT2D eigenvalue weighted by Crippen LogP contribution is 2.11. The number of hydrogen-bond acceptors (Lipinski definition) is 5. The first kappa shape index (κ1) is 14.3. The molecule has 20 heavy (non-hydrogen) atoms. The van der Waals surface area contributed by atoms with Crippen molar-refractivity contribution < 1.29 is 23.5 Å². The third-order valence-electron chi connectivity index (χ3n) is 3.01. The number of ether oxygens (including phenoxy) is 2. The van der Waals surface area contributed by atoms with E-state index >= 15 is 0 Å². The number of rotatable bonds is 4. The molecule has 2 rings (SSSR count). The lowest BCUT2D eigenvalue weighted by Gasteiger charge is -2.31. The van der Waals surface area contributed by atoms with Crippen molar-refractivity contribution in [1.29, 1.82) is 0 Å². The first-order valence-corrected chi connectivity index (χ1v) is 6.38. The first-order valence-electron chi connectivity index (χ1n) is 6.38. The summed E-state index contributed by atoms with van der Waals surface area (Å²) in [5, 5.41) is 0. The largest absolute Gasteiger partial charge is 0.469 e. The molecule has 0 radical (unpaired) electrons. The molecular formula is C14H17NO5. The predicted octanol–water partition coefficient (Wildman–Crippen LogP) is 1.08. The standard InChI is InChI=1S/C14H17NO5/c1-18-14(17)9-12-10-15(6-8-20-12)13(16)5-4-11-3-2-7-19-11/h2-5,7,12H,6,8-10H2,1H3/b5-4+. The summed E-state index contributed by atoms with van der Waals surface area (Å²) in [5.74, 6) is 0.160. The monoisotopic (exact) mass is 279 g/mol. The molecule has 0 aliphatic carbocycles. The average molecular weight is 279 g/mol. The lowest BCUT2D eigenvalue weighted by Crippen LogP contribution is -2.45. The van der Waals surface area contributed by atoms with E-state index in [4.69, 9.17) is 9.15 Å². The van der Waals surface area contributed by atoms with E-state index in [2.05, 4.69) is 4.74 Å². The summed E-state index contributed by atoms with van der Waals surface area (Å²) in [6, 6.07) is 3.52. The third kappa shape index (κ3) is 3.96. The van der Waals surface area contributed by atoms with Gasteiger partial charge in [-0.15, -0.1) is 0 Å². The topological polar surface area (TPSA) is 69.0 Å². The minimum Gasteiger partial charge on any atom is -0.469 e. The molecule has 0 spiro atoms. The SMILES string of the molecule is COC(=O)CC1CN(C(=O)/C=C/c2ccco2)CCO1. The Hall–Kier alpha value is -2.08. The van der Waals surface area contributed by atoms with Crippen LogP contribution in [0.5, 0.6) is 0 Å². The number of carbonyl (C=O) groups is 2. The van der Waals surface area contributed by atoms with E-state index in [-0.39, 0.29) is 24.4 Å². The highest BCUT2D eigenvalue weighted by atomic mass is 16.5. The Kier molecular flexibility index (Phi) is 4.95. The minimum atomic E-state index is -0.338. The second-order valence-corrected chi connectivity index (χ2v) is 4.41. The van der Waals surface area contributed by atoms with Crippen molar-refractivity contribution in [1.82, 2.24) is 4.90 Å². The summed E-state index contributed by atoms with van der Waals surface area (Å²) >= 11 is 0. The van der Waals surface area contributed by atoms with Gasteiger partial charge in [-0.1, -0.05) is 0 Å². The lowest BCUT2D eigenvalue weighted by atomic mass is 10.2. The van der Waals surface area contributed by atoms with Crippen LogP contribution in [0.4, 0.5) is 0 Å². The van der Waals surface area contributed by atoms with Gasteiger partial charge >= 0.3 is 5.97 Å². The fourth-order valence-electron chi connectivity index (χ4n) is 1.96. The molecule has 1 atom stereocenters. The van der Waals surface area contributed by atoms with Crippen LogP contribution in [0.3, 0.4) is 0 Å². The van der Waals surface area contributed by atoms with E-state index < -0.39 is 0 Å². The van der Waals surface area contributed by atoms with Gasteiger partial charge in [-0.25, -0.2) is 0 Å². The van der Waals surface area contributed by atoms with Gasteiger partial charge in [-0.3, -0.25) is 9.59 Å². The van der Waals surface area contributed by atoms with Gasteiger partial charge in [0.25, 0.3) is 0 Å². The van der Waals surface area contributed by atoms with Crippen molar-refractivity contribution in [2.24, 2.45) is 0 Å². The summed E-state index contributed by atoms with van der Waals surface area (Å²) in [5.41, 5.74) is 0. The summed E-state index contributed by atoms with van der Waals surface area (Å²) in [4.78, 5) is 24.9. The highest BCUT2D eigenvalue weighted by molar-refractivity contribution is 5.91. The zero-order valence-corrected chi connectivity index (χ0v) is 11.3. The molecule has 1 fully saturated rings. The molecule has 6 nitrogen and oxygen atoms in total. The van der Waals surface area contributed by atoms with Gasteiger partial charge in [0.15, 0.2) is 0 Å². The minimum absolute atomic E-state index is 0.125. The maximum atomic E-state index is 12.0. The molecule has 0 saturated carbocycles. The molecule has 1 aliphatic heterocycles. The first-order chi connectivity index (χ1) is 9.69. The van der Waals surface area contributed by atoms with Crippen molar-refractivity contribution >= 4 is 18.0 Å². The molecule has 6 heteroatoms. The van der Waals surface area contributed by atoms with Gasteiger partial charge < -0.3 is 18.8 Å². The van der Waals surface area contributed by atoms with Gasteiger partial charge in [-0.05, 0) is 18.2 Å². The molecule has 1 aromatic rings. The van der Waals surface area contributed by atoms with Gasteiger partial charge in [0.2, 0.25) is 5.91 Å². The molecule has 2 heterocycles. The van der Waals surface area contributed by atoms with Crippen LogP contribution in [-0.4, -0.2) is 49.7 Å². The summed E-state index contributed by atoms with van der Waals surface area (Å²) < 4.78 is 15.2. The van der Waals surface area contributed by atoms with Crippen LogP contribution < -0.4 is 0 Å². The third-order valence-corrected chi connectivity index (χ3v) is 3.01. The number of methoxy groups -OCH3 is 1. The molecule has 0 N–H and O–H groups in total. The van der Waals surface area contributed by atoms with Gasteiger partial charge in [0, 0.05) is 19.2 Å². The van der Waals surface area contributed by atoms with Crippen LogP contribution >= 0.6 is 0 Å². The quantitative estimate of drug-likeness (QED) is 0.609. The molecule has 1 unspecified atom stereocenters. The molecule has 0 aromatic carbocycles. The molecule has 108 valence electrons. The normalized spacial score (nSPS) is 19.2. The lowest BCUT2D eigenvalue weighted by molar-refractivity contribution is -0.148. The zero-order valence-electron chi connectivity index (χ0n) is 11.3. The average Bonchev–Trinajstić information content (AvgIpc) is 2.98. The molecule has 0 bridgehead atoms. The van der Waals surface area contributed by atoms with E-state index in [1.807, 2.05) is 0 Å². The molecular weight excluding hydrogens is 262 g/mol. The van der Waals surface area contributed by atoms with E-state index in [0.29, 0.717) is 25.5 Å². The highest BCUT2D eigenvalue weighted by Gasteiger charge is 2.25. The van der Waals surface area contributed by atoms with E-state index in [0.717, 1.165) is 0 Å². The predicted molar refractivity (Wildman–Crippen MR) is 70.7 cm³/mol. The summed E-state index contributed by atoms with van der Waals surface area (Å²) in [6.45, 7) is 1.32. The second kappa shape index (κ2) is 6.91. The van der Waals surface area contributed by atoms with Crippen LogP contribution in [0.1, 0.15) is 12.2 Å². The maximum absolute atomic E-state index is 12.0. The second-order valence-electron chi connectivity index (χ2n) is 4.41. The summed E-state index contributed by atoms with van der Waals surface area (Å²) in [6.07, 6.45) is 4.47. The van der Waals surface area contributed by atoms with Crippen molar-refractivity contribution in [3.05, 3.63) is 30.2 Å². The van der Waals surface area contributed by atoms with Crippen molar-refractivity contribution in [2.75, 3.05) is 26.8 Å². The van der Waals surface area contributed by atoms with E-state index in [9.17, 15) is 9.59 Å². The van der Waals surface area contributed by atoms with Gasteiger partial charge in [-0.2, -0.15) is 0 Å². The van der Waals surface area contributed by atoms with Crippen LogP contribution in [0.25, 0.3) is 6.08 Å². The van der Waals surface area contributed by atoms with Gasteiger partial charge in [0.1, 0.15) is 5.76 Å². The molecule has 1 aromatic heterocycles. The van der Waals surface area contributed by atoms with Crippen LogP contribution in [-0.2, 0) is 19.1 Å². The van der Waals surface area contributed by atoms with Crippen molar-refractivity contribution in [3.8, 4) is 0 Å². The number of nitrogens with zero attached hydrogens (tertiary/aromatic N) is 1. The van der Waals surface area contributed by atoms with Crippen LogP contribution in [0.2, 0.25) is 0 Å². The van der Waals surface area contributed by atoms with Crippen molar-refractivity contribution in [3.63, 3.8) is 0 Å². The number of amides is 1. The van der Waals surface area contributed by atoms with Crippen LogP contribution in [0, 0.1) is 0 Å². The van der Waals surface area contributed by atoms with Crippen LogP contribution in [0.15, 0.2) is 28.9 Å². The fraction of sp³-hybridized carbons (Fsp3) is 0.429. The smallest absolute Gasteiger partial charge is 0.308 e.